The van der Waals surface area contributed by atoms with E-state index in [0.29, 0.717) is 0 Å². The molecule has 0 aliphatic heterocycles. The van der Waals surface area contributed by atoms with Gasteiger partial charge in [0.2, 0.25) is 0 Å². The molecule has 2 aliphatic rings. The van der Waals surface area contributed by atoms with E-state index < -0.39 is 0 Å². The molecule has 0 saturated heterocycles. The number of hydrogen-bond donors (Lipinski definition) is 0. The van der Waals surface area contributed by atoms with Gasteiger partial charge < -0.3 is 0 Å². The maximum absolute atomic E-state index is 2.49. The van der Waals surface area contributed by atoms with E-state index in [4.69, 9.17) is 0 Å². The highest BCUT2D eigenvalue weighted by Crippen LogP contribution is 2.54. The van der Waals surface area contributed by atoms with Gasteiger partial charge in [-0.15, -0.1) is 0 Å². The second kappa shape index (κ2) is 15.7. The van der Waals surface area contributed by atoms with Crippen LogP contribution in [-0.2, 0) is 10.8 Å². The Labute approximate surface area is 443 Å². The van der Waals surface area contributed by atoms with Crippen molar-refractivity contribution in [2.45, 2.75) is 38.5 Å². The Kier molecular flexibility index (Phi) is 8.96. The third-order valence-corrected chi connectivity index (χ3v) is 18.0. The summed E-state index contributed by atoms with van der Waals surface area (Å²) in [7, 11) is 0. The first-order valence-electron chi connectivity index (χ1n) is 27.0. The Bertz CT molecular complexity index is 4550. The molecule has 0 bridgehead atoms. The van der Waals surface area contributed by atoms with Crippen LogP contribution in [0.25, 0.3) is 142 Å². The van der Waals surface area contributed by atoms with E-state index in [9.17, 15) is 0 Å². The summed E-state index contributed by atoms with van der Waals surface area (Å²) in [6, 6.07) is 92.2. The molecule has 0 aromatic heterocycles. The summed E-state index contributed by atoms with van der Waals surface area (Å²) in [5.74, 6) is 0. The lowest BCUT2D eigenvalue weighted by Crippen LogP contribution is -2.15. The van der Waals surface area contributed by atoms with Gasteiger partial charge in [-0.1, -0.05) is 234 Å². The molecule has 0 heterocycles. The van der Waals surface area contributed by atoms with Crippen molar-refractivity contribution in [1.29, 1.82) is 0 Å². The number of benzene rings is 14. The molecule has 14 aromatic carbocycles. The smallest absolute Gasteiger partial charge is 0.0159 e. The lowest BCUT2D eigenvalue weighted by Gasteiger charge is -2.23. The highest BCUT2D eigenvalue weighted by Gasteiger charge is 2.37. The summed E-state index contributed by atoms with van der Waals surface area (Å²) in [5.41, 5.74) is 20.6. The molecule has 76 heavy (non-hydrogen) atoms. The molecular weight excluding hydrogens is 913 g/mol. The van der Waals surface area contributed by atoms with Gasteiger partial charge in [0.1, 0.15) is 0 Å². The molecule has 0 nitrogen and oxygen atoms in total. The van der Waals surface area contributed by atoms with Gasteiger partial charge in [0.05, 0.1) is 0 Å². The van der Waals surface area contributed by atoms with Crippen molar-refractivity contribution in [2.24, 2.45) is 0 Å². The molecule has 0 heteroatoms. The Morgan fingerprint density at radius 2 is 0.487 bits per heavy atom. The number of hydrogen-bond acceptors (Lipinski definition) is 0. The summed E-state index contributed by atoms with van der Waals surface area (Å²) >= 11 is 0. The van der Waals surface area contributed by atoms with E-state index in [-0.39, 0.29) is 10.8 Å². The molecule has 0 fully saturated rings. The van der Waals surface area contributed by atoms with Crippen molar-refractivity contribution >= 4 is 75.4 Å². The van der Waals surface area contributed by atoms with Crippen molar-refractivity contribution < 1.29 is 0 Å². The Morgan fingerprint density at radius 3 is 0.895 bits per heavy atom. The minimum Gasteiger partial charge on any atom is -0.0616 e. The monoisotopic (exact) mass is 964 g/mol. The van der Waals surface area contributed by atoms with Crippen LogP contribution in [0.3, 0.4) is 0 Å². The molecule has 14 aromatic rings. The van der Waals surface area contributed by atoms with E-state index in [2.05, 4.69) is 270 Å². The molecule has 0 radical (unpaired) electrons. The van der Waals surface area contributed by atoms with Gasteiger partial charge >= 0.3 is 0 Å². The Hall–Kier alpha value is -9.10. The van der Waals surface area contributed by atoms with Crippen LogP contribution in [0, 0.1) is 0 Å². The summed E-state index contributed by atoms with van der Waals surface area (Å²) < 4.78 is 0. The van der Waals surface area contributed by atoms with Gasteiger partial charge in [-0.2, -0.15) is 0 Å². The van der Waals surface area contributed by atoms with Crippen molar-refractivity contribution in [2.75, 3.05) is 0 Å². The SMILES string of the molecule is CC1(C)c2cc(-c3ccc4c5ccccc5c5c6cc(-c7ccc8c(c7)C(C)(C)c7cc(-c9cccc%10ccccc9%10)ccc7-8)ccc6c6ccccc6c5c4c3)ccc2-c2ccc(-c3cccc4ccccc34)cc21. The van der Waals surface area contributed by atoms with Crippen molar-refractivity contribution in [3.05, 3.63) is 265 Å². The molecule has 356 valence electrons. The fourth-order valence-electron chi connectivity index (χ4n) is 14.2. The quantitative estimate of drug-likeness (QED) is 0.154. The first-order chi connectivity index (χ1) is 37.2. The predicted octanol–water partition coefficient (Wildman–Crippen LogP) is 21.0. The van der Waals surface area contributed by atoms with Gasteiger partial charge in [-0.05, 0) is 201 Å². The van der Waals surface area contributed by atoms with E-state index in [1.165, 1.54) is 164 Å². The molecule has 16 rings (SSSR count). The summed E-state index contributed by atoms with van der Waals surface area (Å²) in [4.78, 5) is 0. The zero-order chi connectivity index (χ0) is 50.6. The molecule has 2 aliphatic carbocycles. The van der Waals surface area contributed by atoms with E-state index in [1.807, 2.05) is 0 Å². The van der Waals surface area contributed by atoms with Crippen LogP contribution in [0.5, 0.6) is 0 Å². The highest BCUT2D eigenvalue weighted by atomic mass is 14.4. The van der Waals surface area contributed by atoms with Crippen LogP contribution in [0.15, 0.2) is 243 Å². The van der Waals surface area contributed by atoms with Gasteiger partial charge in [-0.25, -0.2) is 0 Å². The summed E-state index contributed by atoms with van der Waals surface area (Å²) in [6.45, 7) is 9.63. The third-order valence-electron chi connectivity index (χ3n) is 18.0. The van der Waals surface area contributed by atoms with Crippen LogP contribution in [0.1, 0.15) is 49.9 Å². The Morgan fingerprint density at radius 1 is 0.197 bits per heavy atom. The number of rotatable bonds is 4. The second-order valence-corrected chi connectivity index (χ2v) is 22.7. The average Bonchev–Trinajstić information content (AvgIpc) is 3.99. The summed E-state index contributed by atoms with van der Waals surface area (Å²) in [6.07, 6.45) is 0. The normalized spacial score (nSPS) is 14.0. The van der Waals surface area contributed by atoms with Gasteiger partial charge in [0.15, 0.2) is 0 Å². The molecule has 0 saturated carbocycles. The first kappa shape index (κ1) is 43.3. The van der Waals surface area contributed by atoms with Crippen LogP contribution in [0.2, 0.25) is 0 Å². The molecule has 0 atom stereocenters. The average molecular weight is 965 g/mol. The van der Waals surface area contributed by atoms with E-state index >= 15 is 0 Å². The largest absolute Gasteiger partial charge is 0.0616 e. The molecule has 0 spiro atoms. The third kappa shape index (κ3) is 6.07. The van der Waals surface area contributed by atoms with Crippen LogP contribution < -0.4 is 0 Å². The minimum absolute atomic E-state index is 0.173. The van der Waals surface area contributed by atoms with Gasteiger partial charge in [0, 0.05) is 10.8 Å². The number of fused-ring (bicyclic) bond motifs is 19. The second-order valence-electron chi connectivity index (χ2n) is 22.7. The van der Waals surface area contributed by atoms with Crippen LogP contribution >= 0.6 is 0 Å². The van der Waals surface area contributed by atoms with Gasteiger partial charge in [0.25, 0.3) is 0 Å². The fourth-order valence-corrected chi connectivity index (χ4v) is 14.2. The maximum atomic E-state index is 2.49. The standard InChI is InChI=1S/C76H52/c1-75(2)69-41-49(29-35-61(69)63-37-31-51(43-71(63)75)55-25-13-17-45-15-5-7-19-53(45)55)47-27-33-59-57-21-9-12-24-66(57)74-68-40-48(28-34-60(68)58-22-10-11-23-65(58)73(74)67(59)39-47)50-30-36-62-64-38-32-52(44-72(64)76(3,4)70(62)42-50)56-26-14-18-46-16-6-8-20-54(46)56/h5-44H,1-4H3. The molecule has 0 unspecified atom stereocenters. The van der Waals surface area contributed by atoms with Crippen molar-refractivity contribution in [3.63, 3.8) is 0 Å². The van der Waals surface area contributed by atoms with Crippen molar-refractivity contribution in [1.82, 2.24) is 0 Å². The molecular formula is C76H52. The first-order valence-corrected chi connectivity index (χ1v) is 27.0. The topological polar surface area (TPSA) is 0 Å². The zero-order valence-electron chi connectivity index (χ0n) is 43.1. The Balaban J connectivity index is 0.837. The zero-order valence-corrected chi connectivity index (χ0v) is 43.1. The van der Waals surface area contributed by atoms with Crippen LogP contribution in [0.4, 0.5) is 0 Å². The maximum Gasteiger partial charge on any atom is 0.0159 e. The highest BCUT2D eigenvalue weighted by molar-refractivity contribution is 6.40. The molecule has 0 amide bonds. The van der Waals surface area contributed by atoms with E-state index in [0.717, 1.165) is 0 Å². The lowest BCUT2D eigenvalue weighted by atomic mass is 9.80. The van der Waals surface area contributed by atoms with Crippen molar-refractivity contribution in [3.8, 4) is 66.8 Å². The lowest BCUT2D eigenvalue weighted by molar-refractivity contribution is 0.660. The van der Waals surface area contributed by atoms with E-state index in [1.54, 1.807) is 0 Å². The summed E-state index contributed by atoms with van der Waals surface area (Å²) in [5, 5.41) is 18.1. The molecule has 0 N–H and O–H groups in total. The fraction of sp³-hybridized carbons (Fsp3) is 0.0789. The van der Waals surface area contributed by atoms with Gasteiger partial charge in [-0.3, -0.25) is 0 Å². The van der Waals surface area contributed by atoms with Crippen LogP contribution in [-0.4, -0.2) is 0 Å². The minimum atomic E-state index is -0.173. The predicted molar refractivity (Wildman–Crippen MR) is 326 cm³/mol.